The molecule has 0 saturated carbocycles. The fourth-order valence-electron chi connectivity index (χ4n) is 1.96. The maximum Gasteiger partial charge on any atom is 0.324 e. The molecule has 2 aromatic rings. The second-order valence-corrected chi connectivity index (χ2v) is 5.43. The predicted octanol–water partition coefficient (Wildman–Crippen LogP) is 3.32. The summed E-state index contributed by atoms with van der Waals surface area (Å²) in [6.45, 7) is 5.58. The highest BCUT2D eigenvalue weighted by Gasteiger charge is 2.06. The number of aromatic nitrogens is 1. The highest BCUT2D eigenvalue weighted by atomic mass is 32.2. The van der Waals surface area contributed by atoms with E-state index in [2.05, 4.69) is 17.2 Å². The van der Waals surface area contributed by atoms with Crippen LogP contribution in [0.25, 0.3) is 10.9 Å². The van der Waals surface area contributed by atoms with Gasteiger partial charge in [0.2, 0.25) is 0 Å². The molecular formula is C15H18N4OS. The summed E-state index contributed by atoms with van der Waals surface area (Å²) in [5.41, 5.74) is 2.65. The molecule has 0 bridgehead atoms. The van der Waals surface area contributed by atoms with Gasteiger partial charge in [-0.2, -0.15) is 0 Å². The van der Waals surface area contributed by atoms with Crippen LogP contribution in [0.3, 0.4) is 0 Å². The summed E-state index contributed by atoms with van der Waals surface area (Å²) >= 11 is 0.968. The van der Waals surface area contributed by atoms with Crippen molar-refractivity contribution >= 4 is 34.6 Å². The third-order valence-corrected chi connectivity index (χ3v) is 3.36. The number of hydrogen-bond acceptors (Lipinski definition) is 3. The van der Waals surface area contributed by atoms with Gasteiger partial charge in [-0.25, -0.2) is 4.79 Å². The van der Waals surface area contributed by atoms with Crippen molar-refractivity contribution in [3.05, 3.63) is 53.7 Å². The number of rotatable bonds is 4. The maximum atomic E-state index is 11.9. The van der Waals surface area contributed by atoms with Gasteiger partial charge in [0.25, 0.3) is 0 Å². The molecule has 0 aliphatic heterocycles. The topological polar surface area (TPSA) is 72.1 Å². The van der Waals surface area contributed by atoms with Gasteiger partial charge < -0.3 is 15.2 Å². The smallest absolute Gasteiger partial charge is 0.324 e. The van der Waals surface area contributed by atoms with E-state index in [4.69, 9.17) is 5.14 Å². The number of hydrogen-bond donors (Lipinski definition) is 3. The van der Waals surface area contributed by atoms with Gasteiger partial charge in [0.05, 0.1) is 5.03 Å². The zero-order valence-corrected chi connectivity index (χ0v) is 12.8. The fourth-order valence-corrected chi connectivity index (χ4v) is 2.38. The van der Waals surface area contributed by atoms with Gasteiger partial charge in [0.1, 0.15) is 0 Å². The van der Waals surface area contributed by atoms with Crippen LogP contribution in [0.1, 0.15) is 6.92 Å². The SMILES string of the molecule is C=C(C)/C=C(/NC(=O)Nc1ccc2c(ccn2C)c1)SN. The van der Waals surface area contributed by atoms with Crippen LogP contribution < -0.4 is 15.8 Å². The van der Waals surface area contributed by atoms with Gasteiger partial charge in [-0.05, 0) is 49.2 Å². The summed E-state index contributed by atoms with van der Waals surface area (Å²) in [5, 5.41) is 12.6. The summed E-state index contributed by atoms with van der Waals surface area (Å²) in [6.07, 6.45) is 3.69. The Hall–Kier alpha value is -2.18. The largest absolute Gasteiger partial charge is 0.351 e. The van der Waals surface area contributed by atoms with E-state index in [1.165, 1.54) is 0 Å². The lowest BCUT2D eigenvalue weighted by molar-refractivity contribution is 0.255. The van der Waals surface area contributed by atoms with E-state index < -0.39 is 0 Å². The lowest BCUT2D eigenvalue weighted by atomic mass is 10.2. The number of nitrogens with one attached hydrogen (secondary N) is 2. The molecule has 0 aliphatic carbocycles. The second-order valence-electron chi connectivity index (χ2n) is 4.75. The van der Waals surface area contributed by atoms with Crippen LogP contribution in [0.2, 0.25) is 0 Å². The average Bonchev–Trinajstić information content (AvgIpc) is 2.78. The number of carbonyl (C=O) groups is 1. The molecule has 0 unspecified atom stereocenters. The average molecular weight is 302 g/mol. The lowest BCUT2D eigenvalue weighted by Crippen LogP contribution is -2.27. The third-order valence-electron chi connectivity index (χ3n) is 2.88. The normalized spacial score (nSPS) is 11.5. The van der Waals surface area contributed by atoms with Gasteiger partial charge >= 0.3 is 6.03 Å². The van der Waals surface area contributed by atoms with Crippen molar-refractivity contribution in [2.45, 2.75) is 6.92 Å². The van der Waals surface area contributed by atoms with E-state index in [0.29, 0.717) is 5.03 Å². The molecule has 0 fully saturated rings. The molecule has 2 amide bonds. The molecule has 5 nitrogen and oxygen atoms in total. The Kier molecular flexibility index (Phi) is 4.72. The molecule has 0 atom stereocenters. The summed E-state index contributed by atoms with van der Waals surface area (Å²) in [6, 6.07) is 7.41. The minimum absolute atomic E-state index is 0.337. The Bertz CT molecular complexity index is 718. The monoisotopic (exact) mass is 302 g/mol. The van der Waals surface area contributed by atoms with Crippen molar-refractivity contribution in [2.24, 2.45) is 12.2 Å². The molecule has 110 valence electrons. The molecule has 0 radical (unpaired) electrons. The number of urea groups is 1. The Morgan fingerprint density at radius 1 is 1.43 bits per heavy atom. The summed E-state index contributed by atoms with van der Waals surface area (Å²) < 4.78 is 2.03. The molecule has 4 N–H and O–H groups in total. The molecular weight excluding hydrogens is 284 g/mol. The lowest BCUT2D eigenvalue weighted by Gasteiger charge is -2.09. The van der Waals surface area contributed by atoms with Gasteiger partial charge in [0, 0.05) is 29.8 Å². The zero-order chi connectivity index (χ0) is 15.4. The van der Waals surface area contributed by atoms with Crippen molar-refractivity contribution in [3.8, 4) is 0 Å². The number of allylic oxidation sites excluding steroid dienone is 2. The highest BCUT2D eigenvalue weighted by Crippen LogP contribution is 2.19. The second kappa shape index (κ2) is 6.51. The first-order valence-electron chi connectivity index (χ1n) is 6.36. The van der Waals surface area contributed by atoms with E-state index in [1.54, 1.807) is 6.08 Å². The van der Waals surface area contributed by atoms with Crippen LogP contribution in [-0.2, 0) is 7.05 Å². The van der Waals surface area contributed by atoms with Crippen molar-refractivity contribution < 1.29 is 4.79 Å². The van der Waals surface area contributed by atoms with Crippen molar-refractivity contribution in [2.75, 3.05) is 5.32 Å². The zero-order valence-electron chi connectivity index (χ0n) is 12.0. The van der Waals surface area contributed by atoms with E-state index >= 15 is 0 Å². The molecule has 0 saturated heterocycles. The van der Waals surface area contributed by atoms with Crippen molar-refractivity contribution in [1.29, 1.82) is 0 Å². The van der Waals surface area contributed by atoms with E-state index in [1.807, 2.05) is 49.0 Å². The molecule has 6 heteroatoms. The molecule has 1 heterocycles. The minimum atomic E-state index is -0.337. The van der Waals surface area contributed by atoms with E-state index in [9.17, 15) is 4.79 Å². The minimum Gasteiger partial charge on any atom is -0.351 e. The fraction of sp³-hybridized carbons (Fsp3) is 0.133. The number of nitrogens with zero attached hydrogens (tertiary/aromatic N) is 1. The van der Waals surface area contributed by atoms with Crippen LogP contribution in [0.15, 0.2) is 53.7 Å². The number of anilines is 1. The first-order valence-corrected chi connectivity index (χ1v) is 7.24. The first kappa shape index (κ1) is 15.2. The third kappa shape index (κ3) is 3.90. The Morgan fingerprint density at radius 3 is 2.86 bits per heavy atom. The highest BCUT2D eigenvalue weighted by molar-refractivity contribution is 8.00. The van der Waals surface area contributed by atoms with E-state index in [-0.39, 0.29) is 6.03 Å². The van der Waals surface area contributed by atoms with Gasteiger partial charge in [-0.1, -0.05) is 12.2 Å². The van der Waals surface area contributed by atoms with Crippen LogP contribution in [0.5, 0.6) is 0 Å². The van der Waals surface area contributed by atoms with Crippen molar-refractivity contribution in [1.82, 2.24) is 9.88 Å². The number of benzene rings is 1. The number of carbonyl (C=O) groups excluding carboxylic acids is 1. The predicted molar refractivity (Wildman–Crippen MR) is 89.7 cm³/mol. The number of fused-ring (bicyclic) bond motifs is 1. The van der Waals surface area contributed by atoms with Crippen LogP contribution in [0.4, 0.5) is 10.5 Å². The molecule has 21 heavy (non-hydrogen) atoms. The molecule has 0 aliphatic rings. The number of aryl methyl sites for hydroxylation is 1. The Labute approximate surface area is 128 Å². The van der Waals surface area contributed by atoms with Gasteiger partial charge in [0.15, 0.2) is 0 Å². The summed E-state index contributed by atoms with van der Waals surface area (Å²) in [5.74, 6) is 0. The van der Waals surface area contributed by atoms with Gasteiger partial charge in [-0.3, -0.25) is 5.14 Å². The maximum absolute atomic E-state index is 11.9. The first-order chi connectivity index (χ1) is 9.99. The summed E-state index contributed by atoms with van der Waals surface area (Å²) in [4.78, 5) is 11.9. The van der Waals surface area contributed by atoms with Crippen LogP contribution >= 0.6 is 11.9 Å². The molecule has 1 aromatic heterocycles. The summed E-state index contributed by atoms with van der Waals surface area (Å²) in [7, 11) is 1.98. The number of amides is 2. The Morgan fingerprint density at radius 2 is 2.19 bits per heavy atom. The molecule has 2 rings (SSSR count). The van der Waals surface area contributed by atoms with E-state index in [0.717, 1.165) is 34.1 Å². The van der Waals surface area contributed by atoms with Crippen molar-refractivity contribution in [3.63, 3.8) is 0 Å². The van der Waals surface area contributed by atoms with Crippen LogP contribution in [0, 0.1) is 0 Å². The quantitative estimate of drug-likeness (QED) is 0.599. The standard InChI is InChI=1S/C15H18N4OS/c1-10(2)8-14(21-16)18-15(20)17-12-4-5-13-11(9-12)6-7-19(13)3/h4-9H,1,16H2,2-3H3,(H2,17,18,20)/b14-8-. The number of nitrogens with two attached hydrogens (primary N) is 1. The van der Waals surface area contributed by atoms with Gasteiger partial charge in [-0.15, -0.1) is 0 Å². The molecule has 0 spiro atoms. The van der Waals surface area contributed by atoms with Crippen LogP contribution in [-0.4, -0.2) is 10.6 Å². The Balaban J connectivity index is 2.08. The molecule has 1 aromatic carbocycles.